The van der Waals surface area contributed by atoms with Crippen LogP contribution in [0.15, 0.2) is 42.7 Å². The fraction of sp³-hybridized carbons (Fsp3) is 0.190. The van der Waals surface area contributed by atoms with Crippen molar-refractivity contribution in [1.29, 1.82) is 0 Å². The number of rotatable bonds is 4. The number of anilines is 1. The molecule has 1 aliphatic rings. The molecule has 3 aromatic rings. The van der Waals surface area contributed by atoms with E-state index < -0.39 is 30.3 Å². The summed E-state index contributed by atoms with van der Waals surface area (Å²) < 4.78 is 19.9. The van der Waals surface area contributed by atoms with Gasteiger partial charge in [-0.2, -0.15) is 0 Å². The molecule has 0 bridgehead atoms. The number of halogens is 2. The molecule has 0 aliphatic carbocycles. The van der Waals surface area contributed by atoms with Crippen molar-refractivity contribution < 1.29 is 23.8 Å². The highest BCUT2D eigenvalue weighted by molar-refractivity contribution is 6.30. The number of fused-ring (bicyclic) bond motifs is 1. The minimum atomic E-state index is -1.06. The number of pyridine rings is 1. The number of hydrogen-bond acceptors (Lipinski definition) is 7. The van der Waals surface area contributed by atoms with Crippen LogP contribution >= 0.6 is 11.6 Å². The number of aliphatic hydroxyl groups is 1. The largest absolute Gasteiger partial charge is 0.487 e. The van der Waals surface area contributed by atoms with Gasteiger partial charge < -0.3 is 15.2 Å². The molecule has 0 radical (unpaired) electrons. The minimum Gasteiger partial charge on any atom is -0.487 e. The Bertz CT molecular complexity index is 1210. The first-order chi connectivity index (χ1) is 15.4. The van der Waals surface area contributed by atoms with Crippen LogP contribution in [0.5, 0.6) is 5.75 Å². The van der Waals surface area contributed by atoms with Crippen molar-refractivity contribution in [3.05, 3.63) is 65.0 Å². The predicted octanol–water partition coefficient (Wildman–Crippen LogP) is 1.98. The van der Waals surface area contributed by atoms with Gasteiger partial charge in [-0.15, -0.1) is 0 Å². The molecular weight excluding hydrogens is 441 g/mol. The van der Waals surface area contributed by atoms with E-state index in [-0.39, 0.29) is 35.1 Å². The van der Waals surface area contributed by atoms with E-state index >= 15 is 0 Å². The molecule has 32 heavy (non-hydrogen) atoms. The third-order valence-corrected chi connectivity index (χ3v) is 5.03. The van der Waals surface area contributed by atoms with Crippen LogP contribution in [0, 0.1) is 5.82 Å². The predicted molar refractivity (Wildman–Crippen MR) is 113 cm³/mol. The average Bonchev–Trinajstić information content (AvgIpc) is 2.90. The number of aromatic nitrogens is 3. The highest BCUT2D eigenvalue weighted by Crippen LogP contribution is 2.30. The highest BCUT2D eigenvalue weighted by Gasteiger charge is 2.32. The molecular formula is C21H17ClFN5O4. The topological polar surface area (TPSA) is 118 Å². The SMILES string of the molecule is CN1C(=O)[C@@H](NC(=O)c2ncc(CO)c(-c3ccccc3F)n2)COc2cc(Cl)cnc21. The molecule has 1 atom stereocenters. The van der Waals surface area contributed by atoms with Crippen LogP contribution < -0.4 is 15.0 Å². The van der Waals surface area contributed by atoms with Gasteiger partial charge >= 0.3 is 0 Å². The van der Waals surface area contributed by atoms with Gasteiger partial charge in [0, 0.05) is 36.6 Å². The Morgan fingerprint density at radius 1 is 1.34 bits per heavy atom. The van der Waals surface area contributed by atoms with Crippen LogP contribution in [-0.2, 0) is 11.4 Å². The molecule has 0 spiro atoms. The zero-order chi connectivity index (χ0) is 22.8. The number of carbonyl (C=O) groups is 2. The average molecular weight is 458 g/mol. The number of aliphatic hydroxyl groups excluding tert-OH is 1. The zero-order valence-electron chi connectivity index (χ0n) is 16.7. The molecule has 0 fully saturated rings. The second kappa shape index (κ2) is 8.85. The number of ether oxygens (including phenoxy) is 1. The minimum absolute atomic E-state index is 0.0811. The summed E-state index contributed by atoms with van der Waals surface area (Å²) in [4.78, 5) is 39.1. The van der Waals surface area contributed by atoms with Crippen LogP contribution in [0.2, 0.25) is 5.02 Å². The standard InChI is InChI=1S/C21H17ClFN5O4/c1-28-19-16(6-12(22)8-25-19)32-10-15(21(28)31)26-20(30)18-24-7-11(9-29)17(27-18)13-4-2-3-5-14(13)23/h2-8,15,29H,9-10H2,1H3,(H,26,30)/t15-/m0/s1. The molecule has 1 aliphatic heterocycles. The third kappa shape index (κ3) is 4.10. The first-order valence-electron chi connectivity index (χ1n) is 9.47. The van der Waals surface area contributed by atoms with E-state index in [0.717, 1.165) is 0 Å². The molecule has 0 saturated heterocycles. The van der Waals surface area contributed by atoms with Gasteiger partial charge in [0.2, 0.25) is 5.82 Å². The maximum absolute atomic E-state index is 14.3. The number of carbonyl (C=O) groups excluding carboxylic acids is 2. The van der Waals surface area contributed by atoms with Crippen molar-refractivity contribution in [2.75, 3.05) is 18.6 Å². The molecule has 1 aromatic carbocycles. The highest BCUT2D eigenvalue weighted by atomic mass is 35.5. The van der Waals surface area contributed by atoms with E-state index in [4.69, 9.17) is 16.3 Å². The fourth-order valence-corrected chi connectivity index (χ4v) is 3.35. The normalized spacial score (nSPS) is 15.6. The molecule has 9 nitrogen and oxygen atoms in total. The molecule has 2 N–H and O–H groups in total. The summed E-state index contributed by atoms with van der Waals surface area (Å²) >= 11 is 5.94. The van der Waals surface area contributed by atoms with E-state index in [1.54, 1.807) is 6.07 Å². The van der Waals surface area contributed by atoms with Gasteiger partial charge in [-0.05, 0) is 12.1 Å². The van der Waals surface area contributed by atoms with Gasteiger partial charge in [-0.25, -0.2) is 19.3 Å². The van der Waals surface area contributed by atoms with Crippen molar-refractivity contribution in [3.63, 3.8) is 0 Å². The molecule has 2 amide bonds. The second-order valence-electron chi connectivity index (χ2n) is 6.91. The van der Waals surface area contributed by atoms with Crippen LogP contribution in [-0.4, -0.2) is 51.6 Å². The van der Waals surface area contributed by atoms with E-state index in [2.05, 4.69) is 20.3 Å². The van der Waals surface area contributed by atoms with Crippen molar-refractivity contribution in [1.82, 2.24) is 20.3 Å². The fourth-order valence-electron chi connectivity index (χ4n) is 3.20. The lowest BCUT2D eigenvalue weighted by molar-refractivity contribution is -0.120. The van der Waals surface area contributed by atoms with Crippen LogP contribution in [0.3, 0.4) is 0 Å². The van der Waals surface area contributed by atoms with Crippen LogP contribution in [0.25, 0.3) is 11.3 Å². The lowest BCUT2D eigenvalue weighted by atomic mass is 10.1. The van der Waals surface area contributed by atoms with Gasteiger partial charge in [-0.1, -0.05) is 23.7 Å². The Kier molecular flexibility index (Phi) is 5.97. The number of nitrogens with one attached hydrogen (secondary N) is 1. The van der Waals surface area contributed by atoms with Crippen LogP contribution in [0.4, 0.5) is 10.2 Å². The molecule has 0 unspecified atom stereocenters. The molecule has 164 valence electrons. The maximum Gasteiger partial charge on any atom is 0.289 e. The first-order valence-corrected chi connectivity index (χ1v) is 9.85. The lowest BCUT2D eigenvalue weighted by Crippen LogP contribution is -2.49. The summed E-state index contributed by atoms with van der Waals surface area (Å²) in [6.45, 7) is -0.613. The first kappa shape index (κ1) is 21.6. The van der Waals surface area contributed by atoms with Gasteiger partial charge in [-0.3, -0.25) is 14.5 Å². The van der Waals surface area contributed by atoms with E-state index in [1.165, 1.54) is 48.6 Å². The molecule has 0 saturated carbocycles. The Morgan fingerprint density at radius 2 is 2.12 bits per heavy atom. The van der Waals surface area contributed by atoms with Gasteiger partial charge in [0.1, 0.15) is 18.5 Å². The summed E-state index contributed by atoms with van der Waals surface area (Å²) in [5.41, 5.74) is 0.441. The molecule has 2 aromatic heterocycles. The monoisotopic (exact) mass is 457 g/mol. The summed E-state index contributed by atoms with van der Waals surface area (Å²) in [6, 6.07) is 6.31. The smallest absolute Gasteiger partial charge is 0.289 e. The van der Waals surface area contributed by atoms with Gasteiger partial charge in [0.05, 0.1) is 17.3 Å². The van der Waals surface area contributed by atoms with E-state index in [9.17, 15) is 19.1 Å². The summed E-state index contributed by atoms with van der Waals surface area (Å²) in [5, 5.41) is 12.5. The molecule has 11 heteroatoms. The quantitative estimate of drug-likeness (QED) is 0.615. The van der Waals surface area contributed by atoms with Crippen molar-refractivity contribution >= 4 is 29.2 Å². The summed E-state index contributed by atoms with van der Waals surface area (Å²) in [6.07, 6.45) is 2.62. The van der Waals surface area contributed by atoms with Gasteiger partial charge in [0.25, 0.3) is 11.8 Å². The van der Waals surface area contributed by atoms with Crippen LogP contribution in [0.1, 0.15) is 16.2 Å². The van der Waals surface area contributed by atoms with Crippen molar-refractivity contribution in [3.8, 4) is 17.0 Å². The van der Waals surface area contributed by atoms with E-state index in [0.29, 0.717) is 10.8 Å². The second-order valence-corrected chi connectivity index (χ2v) is 7.35. The third-order valence-electron chi connectivity index (χ3n) is 4.82. The number of amides is 2. The molecule has 4 rings (SSSR count). The Balaban J connectivity index is 1.60. The van der Waals surface area contributed by atoms with E-state index in [1.807, 2.05) is 0 Å². The number of hydrogen-bond donors (Lipinski definition) is 2. The lowest BCUT2D eigenvalue weighted by Gasteiger charge is -2.19. The number of benzene rings is 1. The number of nitrogens with zero attached hydrogens (tertiary/aromatic N) is 4. The van der Waals surface area contributed by atoms with Gasteiger partial charge in [0.15, 0.2) is 11.6 Å². The molecule has 3 heterocycles. The Hall–Kier alpha value is -3.63. The Labute approximate surface area is 186 Å². The Morgan fingerprint density at radius 3 is 2.88 bits per heavy atom. The summed E-state index contributed by atoms with van der Waals surface area (Å²) in [7, 11) is 1.50. The number of likely N-dealkylation sites (N-methyl/N-ethyl adjacent to an activating group) is 1. The maximum atomic E-state index is 14.3. The van der Waals surface area contributed by atoms with Crippen molar-refractivity contribution in [2.24, 2.45) is 0 Å². The zero-order valence-corrected chi connectivity index (χ0v) is 17.5. The van der Waals surface area contributed by atoms with Crippen molar-refractivity contribution in [2.45, 2.75) is 12.6 Å². The summed E-state index contributed by atoms with van der Waals surface area (Å²) in [5.74, 6) is -1.52.